The van der Waals surface area contributed by atoms with Crippen LogP contribution in [-0.2, 0) is 9.84 Å². The number of piperazine rings is 1. The van der Waals surface area contributed by atoms with E-state index in [9.17, 15) is 13.2 Å². The summed E-state index contributed by atoms with van der Waals surface area (Å²) in [5, 5.41) is 11.6. The molecule has 1 amide bonds. The third-order valence-electron chi connectivity index (χ3n) is 5.11. The van der Waals surface area contributed by atoms with E-state index in [0.29, 0.717) is 48.9 Å². The van der Waals surface area contributed by atoms with Crippen molar-refractivity contribution in [3.8, 4) is 5.69 Å². The quantitative estimate of drug-likeness (QED) is 0.715. The van der Waals surface area contributed by atoms with Crippen molar-refractivity contribution in [1.82, 2.24) is 30.0 Å². The molecule has 1 aromatic heterocycles. The van der Waals surface area contributed by atoms with E-state index < -0.39 is 9.84 Å². The van der Waals surface area contributed by atoms with Gasteiger partial charge in [0.2, 0.25) is 0 Å². The molecule has 2 saturated heterocycles. The van der Waals surface area contributed by atoms with E-state index in [2.05, 4.69) is 20.4 Å². The highest BCUT2D eigenvalue weighted by Gasteiger charge is 2.34. The minimum absolute atomic E-state index is 0.0690. The monoisotopic (exact) mass is 410 g/mol. The number of benzene rings is 1. The van der Waals surface area contributed by atoms with Crippen LogP contribution in [-0.4, -0.2) is 88.1 Å². The van der Waals surface area contributed by atoms with E-state index in [1.54, 1.807) is 23.1 Å². The van der Waals surface area contributed by atoms with Gasteiger partial charge in [-0.1, -0.05) is 11.6 Å². The maximum Gasteiger partial charge on any atom is 0.256 e. The molecule has 4 rings (SSSR count). The number of hydrogen-bond donors (Lipinski definition) is 0. The fourth-order valence-corrected chi connectivity index (χ4v) is 5.60. The highest BCUT2D eigenvalue weighted by molar-refractivity contribution is 7.91. The number of sulfone groups is 1. The average molecular weight is 411 g/mol. The lowest BCUT2D eigenvalue weighted by atomic mass is 10.1. The molecule has 1 aromatic carbocycles. The number of carbonyl (C=O) groups is 1. The van der Waals surface area contributed by atoms with Gasteiger partial charge in [-0.05, 0) is 35.0 Å². The Morgan fingerprint density at radius 3 is 2.59 bits per heavy atom. The molecule has 11 heteroatoms. The van der Waals surface area contributed by atoms with E-state index in [1.165, 1.54) is 11.0 Å². The normalized spacial score (nSPS) is 22.9. The molecule has 3 heterocycles. The summed E-state index contributed by atoms with van der Waals surface area (Å²) in [6, 6.07) is 5.07. The Morgan fingerprint density at radius 2 is 1.96 bits per heavy atom. The molecule has 2 aliphatic heterocycles. The molecule has 144 valence electrons. The SMILES string of the molecule is O=C(c1ccc(Cl)cc1-n1cnnn1)N1CCN([C@@H]2CCS(=O)(=O)C2)CC1. The lowest BCUT2D eigenvalue weighted by Gasteiger charge is -2.37. The van der Waals surface area contributed by atoms with Gasteiger partial charge in [-0.3, -0.25) is 9.69 Å². The third-order valence-corrected chi connectivity index (χ3v) is 7.10. The van der Waals surface area contributed by atoms with Crippen LogP contribution in [0, 0.1) is 0 Å². The zero-order valence-corrected chi connectivity index (χ0v) is 16.1. The van der Waals surface area contributed by atoms with Crippen LogP contribution in [0.1, 0.15) is 16.8 Å². The van der Waals surface area contributed by atoms with Crippen molar-refractivity contribution in [1.29, 1.82) is 0 Å². The van der Waals surface area contributed by atoms with Crippen LogP contribution in [0.15, 0.2) is 24.5 Å². The molecule has 0 aliphatic carbocycles. The summed E-state index contributed by atoms with van der Waals surface area (Å²) in [7, 11) is -2.91. The van der Waals surface area contributed by atoms with Crippen molar-refractivity contribution in [3.05, 3.63) is 35.1 Å². The van der Waals surface area contributed by atoms with Gasteiger partial charge in [0, 0.05) is 37.2 Å². The van der Waals surface area contributed by atoms with Crippen LogP contribution in [0.5, 0.6) is 0 Å². The van der Waals surface area contributed by atoms with Crippen molar-refractivity contribution >= 4 is 27.3 Å². The van der Waals surface area contributed by atoms with Crippen LogP contribution in [0.2, 0.25) is 5.02 Å². The zero-order chi connectivity index (χ0) is 19.0. The van der Waals surface area contributed by atoms with E-state index in [0.717, 1.165) is 0 Å². The molecule has 0 unspecified atom stereocenters. The smallest absolute Gasteiger partial charge is 0.256 e. The molecule has 0 N–H and O–H groups in total. The number of aromatic nitrogens is 4. The Kier molecular flexibility index (Phi) is 4.87. The molecule has 2 aliphatic rings. The largest absolute Gasteiger partial charge is 0.336 e. The number of hydrogen-bond acceptors (Lipinski definition) is 7. The summed E-state index contributed by atoms with van der Waals surface area (Å²) in [6.07, 6.45) is 2.10. The molecule has 0 radical (unpaired) electrons. The number of carbonyl (C=O) groups excluding carboxylic acids is 1. The van der Waals surface area contributed by atoms with Gasteiger partial charge in [-0.15, -0.1) is 5.10 Å². The zero-order valence-electron chi connectivity index (χ0n) is 14.5. The second-order valence-corrected chi connectivity index (χ2v) is 9.47. The van der Waals surface area contributed by atoms with Crippen LogP contribution in [0.25, 0.3) is 5.69 Å². The van der Waals surface area contributed by atoms with Gasteiger partial charge in [0.15, 0.2) is 9.84 Å². The summed E-state index contributed by atoms with van der Waals surface area (Å²) in [5.74, 6) is 0.370. The predicted molar refractivity (Wildman–Crippen MR) is 98.7 cm³/mol. The van der Waals surface area contributed by atoms with Crippen LogP contribution >= 0.6 is 11.6 Å². The molecule has 0 saturated carbocycles. The molecule has 1 atom stereocenters. The molecule has 27 heavy (non-hydrogen) atoms. The maximum atomic E-state index is 13.0. The summed E-state index contributed by atoms with van der Waals surface area (Å²) >= 11 is 6.08. The van der Waals surface area contributed by atoms with Gasteiger partial charge in [-0.2, -0.15) is 4.68 Å². The van der Waals surface area contributed by atoms with Crippen molar-refractivity contribution < 1.29 is 13.2 Å². The fraction of sp³-hybridized carbons (Fsp3) is 0.500. The number of nitrogens with zero attached hydrogens (tertiary/aromatic N) is 6. The van der Waals surface area contributed by atoms with E-state index >= 15 is 0 Å². The van der Waals surface area contributed by atoms with Crippen LogP contribution in [0.4, 0.5) is 0 Å². The summed E-state index contributed by atoms with van der Waals surface area (Å²) in [6.45, 7) is 2.43. The lowest BCUT2D eigenvalue weighted by Crippen LogP contribution is -2.52. The standard InChI is InChI=1S/C16H19ClN6O3S/c17-12-1-2-14(15(9-12)23-11-18-19-20-23)16(24)22-6-4-21(5-7-22)13-3-8-27(25,26)10-13/h1-2,9,11,13H,3-8,10H2/t13-/m1/s1. The average Bonchev–Trinajstić information content (AvgIpc) is 3.31. The minimum Gasteiger partial charge on any atom is -0.336 e. The Labute approximate surface area is 161 Å². The van der Waals surface area contributed by atoms with Gasteiger partial charge in [0.25, 0.3) is 5.91 Å². The predicted octanol–water partition coefficient (Wildman–Crippen LogP) is 0.261. The Hall–Kier alpha value is -2.04. The second-order valence-electron chi connectivity index (χ2n) is 6.80. The highest BCUT2D eigenvalue weighted by atomic mass is 35.5. The molecule has 2 aromatic rings. The minimum atomic E-state index is -2.91. The number of rotatable bonds is 3. The van der Waals surface area contributed by atoms with Crippen molar-refractivity contribution in [3.63, 3.8) is 0 Å². The van der Waals surface area contributed by atoms with Crippen molar-refractivity contribution in [2.45, 2.75) is 12.5 Å². The topological polar surface area (TPSA) is 101 Å². The number of amides is 1. The van der Waals surface area contributed by atoms with Crippen molar-refractivity contribution in [2.75, 3.05) is 37.7 Å². The number of halogens is 1. The Bertz CT molecular complexity index is 941. The summed E-state index contributed by atoms with van der Waals surface area (Å²) < 4.78 is 24.8. The maximum absolute atomic E-state index is 13.0. The first-order valence-electron chi connectivity index (χ1n) is 8.70. The summed E-state index contributed by atoms with van der Waals surface area (Å²) in [4.78, 5) is 17.0. The van der Waals surface area contributed by atoms with Gasteiger partial charge < -0.3 is 4.90 Å². The van der Waals surface area contributed by atoms with Crippen LogP contribution in [0.3, 0.4) is 0 Å². The molecule has 2 fully saturated rings. The second kappa shape index (κ2) is 7.17. The van der Waals surface area contributed by atoms with E-state index in [1.807, 2.05) is 0 Å². The molecule has 0 spiro atoms. The lowest BCUT2D eigenvalue weighted by molar-refractivity contribution is 0.0587. The molecular weight excluding hydrogens is 392 g/mol. The first kappa shape index (κ1) is 18.3. The Balaban J connectivity index is 1.48. The first-order valence-corrected chi connectivity index (χ1v) is 10.9. The Morgan fingerprint density at radius 1 is 1.19 bits per heavy atom. The molecule has 9 nitrogen and oxygen atoms in total. The number of tetrazole rings is 1. The van der Waals surface area contributed by atoms with Gasteiger partial charge in [0.05, 0.1) is 22.8 Å². The van der Waals surface area contributed by atoms with E-state index in [4.69, 9.17) is 11.6 Å². The van der Waals surface area contributed by atoms with Crippen molar-refractivity contribution in [2.24, 2.45) is 0 Å². The van der Waals surface area contributed by atoms with Gasteiger partial charge in [-0.25, -0.2) is 8.42 Å². The van der Waals surface area contributed by atoms with Gasteiger partial charge >= 0.3 is 0 Å². The third kappa shape index (κ3) is 3.83. The molecular formula is C16H19ClN6O3S. The van der Waals surface area contributed by atoms with Crippen LogP contribution < -0.4 is 0 Å². The summed E-state index contributed by atoms with van der Waals surface area (Å²) in [5.41, 5.74) is 1.01. The molecule has 0 bridgehead atoms. The van der Waals surface area contributed by atoms with Gasteiger partial charge in [0.1, 0.15) is 6.33 Å². The first-order chi connectivity index (χ1) is 12.9. The van der Waals surface area contributed by atoms with E-state index in [-0.39, 0.29) is 23.5 Å². The fourth-order valence-electron chi connectivity index (χ4n) is 3.67. The highest BCUT2D eigenvalue weighted by Crippen LogP contribution is 2.23.